The Balaban J connectivity index is 2.45. The van der Waals surface area contributed by atoms with Gasteiger partial charge in [0.25, 0.3) is 0 Å². The molecule has 1 aliphatic heterocycles. The number of nitrogens with zero attached hydrogens (tertiary/aromatic N) is 1. The van der Waals surface area contributed by atoms with Crippen LogP contribution >= 0.6 is 0 Å². The average Bonchev–Trinajstić information content (AvgIpc) is 2.55. The molecule has 1 heterocycles. The van der Waals surface area contributed by atoms with Gasteiger partial charge in [-0.25, -0.2) is 0 Å². The second-order valence-electron chi connectivity index (χ2n) is 6.66. The molecule has 0 bridgehead atoms. The van der Waals surface area contributed by atoms with Crippen LogP contribution in [0, 0.1) is 5.41 Å². The fraction of sp³-hybridized carbons (Fsp3) is 1.00. The van der Waals surface area contributed by atoms with Crippen LogP contribution < -0.4 is 5.32 Å². The first-order valence-electron chi connectivity index (χ1n) is 6.94. The van der Waals surface area contributed by atoms with Crippen LogP contribution in [0.1, 0.15) is 47.5 Å². The zero-order valence-electron chi connectivity index (χ0n) is 12.2. The molecule has 0 saturated carbocycles. The van der Waals surface area contributed by atoms with E-state index in [2.05, 4.69) is 37.9 Å². The highest BCUT2D eigenvalue weighted by Gasteiger charge is 2.35. The molecule has 102 valence electrons. The molecule has 1 fully saturated rings. The van der Waals surface area contributed by atoms with Crippen LogP contribution in [-0.2, 0) is 0 Å². The van der Waals surface area contributed by atoms with E-state index < -0.39 is 5.60 Å². The smallest absolute Gasteiger partial charge is 0.0758 e. The van der Waals surface area contributed by atoms with Gasteiger partial charge in [-0.2, -0.15) is 0 Å². The summed E-state index contributed by atoms with van der Waals surface area (Å²) in [5.74, 6) is 0. The van der Waals surface area contributed by atoms with Crippen LogP contribution in [0.5, 0.6) is 0 Å². The Morgan fingerprint density at radius 3 is 2.53 bits per heavy atom. The minimum absolute atomic E-state index is 0.310. The number of nitrogens with one attached hydrogen (secondary N) is 1. The molecule has 0 radical (unpaired) electrons. The molecule has 0 aromatic heterocycles. The first kappa shape index (κ1) is 14.9. The summed E-state index contributed by atoms with van der Waals surface area (Å²) in [6.45, 7) is 14.9. The summed E-state index contributed by atoms with van der Waals surface area (Å²) in [4.78, 5) is 2.41. The first-order chi connectivity index (χ1) is 7.76. The van der Waals surface area contributed by atoms with Crippen molar-refractivity contribution < 1.29 is 5.11 Å². The van der Waals surface area contributed by atoms with Crippen LogP contribution in [0.2, 0.25) is 0 Å². The van der Waals surface area contributed by atoms with Crippen molar-refractivity contribution in [1.82, 2.24) is 10.2 Å². The topological polar surface area (TPSA) is 35.5 Å². The van der Waals surface area contributed by atoms with Gasteiger partial charge < -0.3 is 10.4 Å². The molecule has 2 N–H and O–H groups in total. The predicted octanol–water partition coefficient (Wildman–Crippen LogP) is 1.86. The van der Waals surface area contributed by atoms with Gasteiger partial charge in [0.15, 0.2) is 0 Å². The molecule has 3 heteroatoms. The molecule has 0 amide bonds. The number of hydrogen-bond donors (Lipinski definition) is 2. The molecule has 0 aromatic rings. The second kappa shape index (κ2) is 5.68. The van der Waals surface area contributed by atoms with Gasteiger partial charge in [-0.15, -0.1) is 0 Å². The summed E-state index contributed by atoms with van der Waals surface area (Å²) in [5, 5.41) is 13.5. The van der Waals surface area contributed by atoms with Gasteiger partial charge >= 0.3 is 0 Å². The Morgan fingerprint density at radius 2 is 2.12 bits per heavy atom. The van der Waals surface area contributed by atoms with E-state index in [-0.39, 0.29) is 0 Å². The van der Waals surface area contributed by atoms with Crippen molar-refractivity contribution in [2.24, 2.45) is 5.41 Å². The maximum atomic E-state index is 10.00. The molecule has 0 aromatic carbocycles. The Kier molecular flexibility index (Phi) is 4.99. The standard InChI is InChI=1S/C14H30N2O/c1-6-13(4,9-15-12(2)3)10-16-8-7-14(5,17)11-16/h12,15,17H,6-11H2,1-5H3. The van der Waals surface area contributed by atoms with E-state index in [1.54, 1.807) is 0 Å². The molecule has 0 spiro atoms. The second-order valence-corrected chi connectivity index (χ2v) is 6.66. The molecule has 1 saturated heterocycles. The summed E-state index contributed by atoms with van der Waals surface area (Å²) in [6.07, 6.45) is 2.08. The normalized spacial score (nSPS) is 29.8. The Labute approximate surface area is 107 Å². The van der Waals surface area contributed by atoms with Crippen molar-refractivity contribution in [3.63, 3.8) is 0 Å². The molecule has 1 aliphatic rings. The minimum atomic E-state index is -0.472. The lowest BCUT2D eigenvalue weighted by Gasteiger charge is -2.34. The Morgan fingerprint density at radius 1 is 1.47 bits per heavy atom. The number of β-amino-alcohol motifs (C(OH)–C–C–N with tert-alkyl or cyclic N) is 1. The van der Waals surface area contributed by atoms with Gasteiger partial charge in [0.2, 0.25) is 0 Å². The minimum Gasteiger partial charge on any atom is -0.389 e. The maximum Gasteiger partial charge on any atom is 0.0758 e. The summed E-state index contributed by atoms with van der Waals surface area (Å²) >= 11 is 0. The van der Waals surface area contributed by atoms with Gasteiger partial charge in [0, 0.05) is 32.2 Å². The number of hydrogen-bond acceptors (Lipinski definition) is 3. The molecule has 2 atom stereocenters. The van der Waals surface area contributed by atoms with E-state index in [4.69, 9.17) is 0 Å². The fourth-order valence-electron chi connectivity index (χ4n) is 2.46. The van der Waals surface area contributed by atoms with Crippen LogP contribution in [0.4, 0.5) is 0 Å². The van der Waals surface area contributed by atoms with Crippen LogP contribution in [0.25, 0.3) is 0 Å². The van der Waals surface area contributed by atoms with E-state index in [0.717, 1.165) is 32.6 Å². The monoisotopic (exact) mass is 242 g/mol. The summed E-state index contributed by atoms with van der Waals surface area (Å²) < 4.78 is 0. The zero-order chi connectivity index (χ0) is 13.1. The van der Waals surface area contributed by atoms with Crippen molar-refractivity contribution >= 4 is 0 Å². The molecular formula is C14H30N2O. The van der Waals surface area contributed by atoms with Crippen LogP contribution in [-0.4, -0.2) is 47.8 Å². The lowest BCUT2D eigenvalue weighted by molar-refractivity contribution is 0.0612. The highest BCUT2D eigenvalue weighted by molar-refractivity contribution is 4.90. The first-order valence-corrected chi connectivity index (χ1v) is 6.94. The van der Waals surface area contributed by atoms with Gasteiger partial charge in [0.1, 0.15) is 0 Å². The Hall–Kier alpha value is -0.120. The zero-order valence-corrected chi connectivity index (χ0v) is 12.2. The van der Waals surface area contributed by atoms with E-state index >= 15 is 0 Å². The van der Waals surface area contributed by atoms with Crippen molar-refractivity contribution in [2.45, 2.75) is 59.1 Å². The summed E-state index contributed by atoms with van der Waals surface area (Å²) in [5.41, 5.74) is -0.162. The van der Waals surface area contributed by atoms with Gasteiger partial charge in [-0.1, -0.05) is 27.7 Å². The molecule has 17 heavy (non-hydrogen) atoms. The summed E-state index contributed by atoms with van der Waals surface area (Å²) in [6, 6.07) is 0.544. The fourth-order valence-corrected chi connectivity index (χ4v) is 2.46. The van der Waals surface area contributed by atoms with Crippen molar-refractivity contribution in [3.8, 4) is 0 Å². The third-order valence-electron chi connectivity index (χ3n) is 3.93. The van der Waals surface area contributed by atoms with Crippen molar-refractivity contribution in [2.75, 3.05) is 26.2 Å². The third-order valence-corrected chi connectivity index (χ3v) is 3.93. The molecule has 2 unspecified atom stereocenters. The predicted molar refractivity (Wildman–Crippen MR) is 73.2 cm³/mol. The average molecular weight is 242 g/mol. The van der Waals surface area contributed by atoms with E-state index in [1.807, 2.05) is 6.92 Å². The van der Waals surface area contributed by atoms with E-state index in [0.29, 0.717) is 11.5 Å². The number of aliphatic hydroxyl groups is 1. The SMILES string of the molecule is CCC(C)(CNC(C)C)CN1CCC(C)(O)C1. The summed E-state index contributed by atoms with van der Waals surface area (Å²) in [7, 11) is 0. The quantitative estimate of drug-likeness (QED) is 0.746. The third kappa shape index (κ3) is 4.94. The van der Waals surface area contributed by atoms with Crippen molar-refractivity contribution in [1.29, 1.82) is 0 Å². The highest BCUT2D eigenvalue weighted by Crippen LogP contribution is 2.27. The number of rotatable bonds is 6. The lowest BCUT2D eigenvalue weighted by Crippen LogP contribution is -2.44. The maximum absolute atomic E-state index is 10.00. The largest absolute Gasteiger partial charge is 0.389 e. The Bertz CT molecular complexity index is 240. The highest BCUT2D eigenvalue weighted by atomic mass is 16.3. The molecule has 0 aliphatic carbocycles. The van der Waals surface area contributed by atoms with Gasteiger partial charge in [-0.05, 0) is 25.2 Å². The molecule has 1 rings (SSSR count). The van der Waals surface area contributed by atoms with E-state index in [9.17, 15) is 5.11 Å². The van der Waals surface area contributed by atoms with Gasteiger partial charge in [-0.3, -0.25) is 4.90 Å². The van der Waals surface area contributed by atoms with E-state index in [1.165, 1.54) is 6.42 Å². The van der Waals surface area contributed by atoms with Crippen LogP contribution in [0.15, 0.2) is 0 Å². The molecule has 3 nitrogen and oxygen atoms in total. The van der Waals surface area contributed by atoms with Crippen LogP contribution in [0.3, 0.4) is 0 Å². The lowest BCUT2D eigenvalue weighted by atomic mass is 9.86. The molecular weight excluding hydrogens is 212 g/mol. The van der Waals surface area contributed by atoms with Crippen molar-refractivity contribution in [3.05, 3.63) is 0 Å². The van der Waals surface area contributed by atoms with Gasteiger partial charge in [0.05, 0.1) is 5.60 Å². The number of likely N-dealkylation sites (tertiary alicyclic amines) is 1.